The fraction of sp³-hybridized carbons (Fsp3) is 0.462. The van der Waals surface area contributed by atoms with Crippen molar-refractivity contribution in [2.24, 2.45) is 5.73 Å². The third-order valence-electron chi connectivity index (χ3n) is 3.43. The monoisotopic (exact) mass is 328 g/mol. The summed E-state index contributed by atoms with van der Waals surface area (Å²) >= 11 is 3.44. The second kappa shape index (κ2) is 5.48. The maximum atomic E-state index is 11.1. The van der Waals surface area contributed by atoms with E-state index in [1.54, 1.807) is 7.11 Å². The molecule has 104 valence electrons. The van der Waals surface area contributed by atoms with Crippen LogP contribution in [0.2, 0.25) is 0 Å². The molecule has 0 aromatic heterocycles. The molecule has 0 radical (unpaired) electrons. The molecule has 1 aromatic carbocycles. The number of hydrogen-bond donors (Lipinski definition) is 2. The Hall–Kier alpha value is -1.11. The molecule has 0 bridgehead atoms. The highest BCUT2D eigenvalue weighted by atomic mass is 79.9. The minimum Gasteiger partial charge on any atom is -0.496 e. The largest absolute Gasteiger partial charge is 0.496 e. The molecule has 0 aliphatic carbocycles. The van der Waals surface area contributed by atoms with Gasteiger partial charge in [0.05, 0.1) is 11.6 Å². The number of benzene rings is 1. The van der Waals surface area contributed by atoms with Crippen LogP contribution in [-0.2, 0) is 11.3 Å². The van der Waals surface area contributed by atoms with Crippen molar-refractivity contribution in [2.45, 2.75) is 18.5 Å². The molecule has 6 heteroatoms. The van der Waals surface area contributed by atoms with Gasteiger partial charge in [0.15, 0.2) is 0 Å². The van der Waals surface area contributed by atoms with Gasteiger partial charge in [-0.3, -0.25) is 9.69 Å². The molecular formula is C13H17BrN2O3. The number of carboxylic acid groups (broad SMARTS) is 1. The molecule has 0 spiro atoms. The quantitative estimate of drug-likeness (QED) is 0.874. The minimum absolute atomic E-state index is 0.381. The highest BCUT2D eigenvalue weighted by Crippen LogP contribution is 2.27. The molecule has 2 rings (SSSR count). The molecule has 1 unspecified atom stereocenters. The number of carbonyl (C=O) groups is 1. The number of aliphatic carboxylic acids is 1. The average Bonchev–Trinajstić information content (AvgIpc) is 2.73. The van der Waals surface area contributed by atoms with Gasteiger partial charge in [0.2, 0.25) is 0 Å². The highest BCUT2D eigenvalue weighted by molar-refractivity contribution is 9.10. The second-order valence-electron chi connectivity index (χ2n) is 4.89. The molecule has 5 nitrogen and oxygen atoms in total. The van der Waals surface area contributed by atoms with Gasteiger partial charge >= 0.3 is 5.97 Å². The smallest absolute Gasteiger partial charge is 0.325 e. The van der Waals surface area contributed by atoms with E-state index in [-0.39, 0.29) is 0 Å². The molecule has 1 aliphatic rings. The van der Waals surface area contributed by atoms with Gasteiger partial charge in [-0.1, -0.05) is 6.07 Å². The maximum Gasteiger partial charge on any atom is 0.325 e. The zero-order chi connectivity index (χ0) is 14.0. The summed E-state index contributed by atoms with van der Waals surface area (Å²) in [7, 11) is 1.62. The van der Waals surface area contributed by atoms with E-state index in [0.29, 0.717) is 26.1 Å². The van der Waals surface area contributed by atoms with Crippen LogP contribution >= 0.6 is 15.9 Å². The third kappa shape index (κ3) is 3.08. The first-order chi connectivity index (χ1) is 8.94. The summed E-state index contributed by atoms with van der Waals surface area (Å²) in [6, 6.07) is 5.85. The zero-order valence-corrected chi connectivity index (χ0v) is 12.3. The van der Waals surface area contributed by atoms with E-state index >= 15 is 0 Å². The molecule has 0 amide bonds. The van der Waals surface area contributed by atoms with Gasteiger partial charge in [0.1, 0.15) is 11.3 Å². The van der Waals surface area contributed by atoms with E-state index in [1.165, 1.54) is 0 Å². The molecule has 1 atom stereocenters. The molecule has 1 fully saturated rings. The highest BCUT2D eigenvalue weighted by Gasteiger charge is 2.40. The number of methoxy groups -OCH3 is 1. The molecule has 3 N–H and O–H groups in total. The lowest BCUT2D eigenvalue weighted by molar-refractivity contribution is -0.142. The van der Waals surface area contributed by atoms with Crippen molar-refractivity contribution >= 4 is 21.9 Å². The Morgan fingerprint density at radius 2 is 2.37 bits per heavy atom. The van der Waals surface area contributed by atoms with Crippen molar-refractivity contribution < 1.29 is 14.6 Å². The summed E-state index contributed by atoms with van der Waals surface area (Å²) < 4.78 is 6.07. The fourth-order valence-corrected chi connectivity index (χ4v) is 2.88. The van der Waals surface area contributed by atoms with Crippen LogP contribution in [0.5, 0.6) is 5.75 Å². The Labute approximate surface area is 120 Å². The van der Waals surface area contributed by atoms with Crippen LogP contribution in [0.15, 0.2) is 22.7 Å². The predicted octanol–water partition coefficient (Wildman–Crippen LogP) is 1.45. The number of hydrogen-bond acceptors (Lipinski definition) is 4. The van der Waals surface area contributed by atoms with Crippen molar-refractivity contribution in [3.63, 3.8) is 0 Å². The summed E-state index contributed by atoms with van der Waals surface area (Å²) in [5.74, 6) is -0.144. The van der Waals surface area contributed by atoms with Crippen molar-refractivity contribution in [1.82, 2.24) is 4.90 Å². The molecule has 1 aliphatic heterocycles. The van der Waals surface area contributed by atoms with Gasteiger partial charge in [-0.05, 0) is 40.0 Å². The summed E-state index contributed by atoms with van der Waals surface area (Å²) in [5, 5.41) is 9.09. The first-order valence-corrected chi connectivity index (χ1v) is 6.81. The molecular weight excluding hydrogens is 312 g/mol. The number of nitrogens with two attached hydrogens (primary N) is 1. The number of carboxylic acids is 1. The van der Waals surface area contributed by atoms with E-state index in [4.69, 9.17) is 15.6 Å². The number of nitrogens with zero attached hydrogens (tertiary/aromatic N) is 1. The van der Waals surface area contributed by atoms with Crippen molar-refractivity contribution in [3.8, 4) is 5.75 Å². The maximum absolute atomic E-state index is 11.1. The molecule has 19 heavy (non-hydrogen) atoms. The Balaban J connectivity index is 2.03. The third-order valence-corrected chi connectivity index (χ3v) is 4.05. The van der Waals surface area contributed by atoms with E-state index in [2.05, 4.69) is 20.8 Å². The summed E-state index contributed by atoms with van der Waals surface area (Å²) in [6.07, 6.45) is 0.486. The first-order valence-electron chi connectivity index (χ1n) is 6.02. The summed E-state index contributed by atoms with van der Waals surface area (Å²) in [4.78, 5) is 13.1. The fourth-order valence-electron chi connectivity index (χ4n) is 2.29. The Morgan fingerprint density at radius 1 is 1.63 bits per heavy atom. The van der Waals surface area contributed by atoms with Crippen LogP contribution < -0.4 is 10.5 Å². The van der Waals surface area contributed by atoms with Gasteiger partial charge in [-0.15, -0.1) is 0 Å². The summed E-state index contributed by atoms with van der Waals surface area (Å²) in [6.45, 7) is 1.77. The van der Waals surface area contributed by atoms with Crippen LogP contribution in [0.3, 0.4) is 0 Å². The molecule has 1 heterocycles. The van der Waals surface area contributed by atoms with E-state index < -0.39 is 11.5 Å². The molecule has 0 saturated carbocycles. The van der Waals surface area contributed by atoms with Crippen molar-refractivity contribution in [2.75, 3.05) is 20.2 Å². The van der Waals surface area contributed by atoms with Gasteiger partial charge < -0.3 is 15.6 Å². The van der Waals surface area contributed by atoms with Crippen molar-refractivity contribution in [1.29, 1.82) is 0 Å². The number of likely N-dealkylation sites (tertiary alicyclic amines) is 1. The Morgan fingerprint density at radius 3 is 2.89 bits per heavy atom. The van der Waals surface area contributed by atoms with E-state index in [9.17, 15) is 4.79 Å². The lowest BCUT2D eigenvalue weighted by Gasteiger charge is -2.20. The number of halogens is 1. The topological polar surface area (TPSA) is 75.8 Å². The Kier molecular flexibility index (Phi) is 4.13. The number of ether oxygens (including phenoxy) is 1. The van der Waals surface area contributed by atoms with Gasteiger partial charge in [-0.25, -0.2) is 0 Å². The molecule has 1 saturated heterocycles. The average molecular weight is 329 g/mol. The lowest BCUT2D eigenvalue weighted by atomic mass is 10.0. The second-order valence-corrected chi connectivity index (χ2v) is 5.75. The van der Waals surface area contributed by atoms with Gasteiger partial charge in [-0.2, -0.15) is 0 Å². The Bertz CT molecular complexity index is 495. The standard InChI is InChI=1S/C13H17BrN2O3/c1-19-11-3-2-9(6-10(11)14)7-16-5-4-13(15,8-16)12(17)18/h2-3,6H,4-5,7-8,15H2,1H3,(H,17,18). The van der Waals surface area contributed by atoms with Gasteiger partial charge in [0, 0.05) is 19.6 Å². The van der Waals surface area contributed by atoms with Crippen LogP contribution in [-0.4, -0.2) is 41.7 Å². The normalized spacial score (nSPS) is 23.5. The SMILES string of the molecule is COc1ccc(CN2CCC(N)(C(=O)O)C2)cc1Br. The van der Waals surface area contributed by atoms with E-state index in [1.807, 2.05) is 18.2 Å². The first kappa shape index (κ1) is 14.3. The van der Waals surface area contributed by atoms with E-state index in [0.717, 1.165) is 15.8 Å². The lowest BCUT2D eigenvalue weighted by Crippen LogP contribution is -2.50. The number of rotatable bonds is 4. The zero-order valence-electron chi connectivity index (χ0n) is 10.7. The van der Waals surface area contributed by atoms with Crippen LogP contribution in [0, 0.1) is 0 Å². The summed E-state index contributed by atoms with van der Waals surface area (Å²) in [5.41, 5.74) is 5.84. The van der Waals surface area contributed by atoms with Crippen LogP contribution in [0.25, 0.3) is 0 Å². The van der Waals surface area contributed by atoms with Gasteiger partial charge in [0.25, 0.3) is 0 Å². The molecule has 1 aromatic rings. The van der Waals surface area contributed by atoms with Crippen LogP contribution in [0.4, 0.5) is 0 Å². The van der Waals surface area contributed by atoms with Crippen LogP contribution in [0.1, 0.15) is 12.0 Å². The predicted molar refractivity (Wildman–Crippen MR) is 75.1 cm³/mol. The minimum atomic E-state index is -1.11. The van der Waals surface area contributed by atoms with Crippen molar-refractivity contribution in [3.05, 3.63) is 28.2 Å².